The first-order chi connectivity index (χ1) is 10.2. The molecule has 0 spiro atoms. The minimum Gasteiger partial charge on any atom is -0.356 e. The zero-order chi connectivity index (χ0) is 14.7. The van der Waals surface area contributed by atoms with Gasteiger partial charge in [-0.25, -0.2) is 9.97 Å². The predicted molar refractivity (Wildman–Crippen MR) is 81.1 cm³/mol. The first kappa shape index (κ1) is 14.0. The SMILES string of the molecule is CC(C)c1nccc(N2CCC(Cn3ccnn3)CC2)n1. The summed E-state index contributed by atoms with van der Waals surface area (Å²) in [6.07, 6.45) is 7.89. The maximum atomic E-state index is 4.68. The van der Waals surface area contributed by atoms with Crippen molar-refractivity contribution in [2.45, 2.75) is 39.2 Å². The van der Waals surface area contributed by atoms with E-state index < -0.39 is 0 Å². The largest absolute Gasteiger partial charge is 0.356 e. The molecule has 2 aromatic heterocycles. The zero-order valence-electron chi connectivity index (χ0n) is 12.7. The Balaban J connectivity index is 1.59. The highest BCUT2D eigenvalue weighted by atomic mass is 15.4. The molecule has 1 aliphatic heterocycles. The van der Waals surface area contributed by atoms with E-state index in [2.05, 4.69) is 39.0 Å². The number of anilines is 1. The highest BCUT2D eigenvalue weighted by molar-refractivity contribution is 5.38. The van der Waals surface area contributed by atoms with E-state index in [0.717, 1.165) is 31.3 Å². The summed E-state index contributed by atoms with van der Waals surface area (Å²) in [6.45, 7) is 7.32. The summed E-state index contributed by atoms with van der Waals surface area (Å²) < 4.78 is 1.93. The summed E-state index contributed by atoms with van der Waals surface area (Å²) in [5, 5.41) is 7.91. The highest BCUT2D eigenvalue weighted by Crippen LogP contribution is 2.23. The monoisotopic (exact) mass is 286 g/mol. The van der Waals surface area contributed by atoms with Gasteiger partial charge in [-0.15, -0.1) is 5.10 Å². The van der Waals surface area contributed by atoms with Crippen LogP contribution in [0.5, 0.6) is 0 Å². The molecule has 0 aliphatic carbocycles. The van der Waals surface area contributed by atoms with E-state index in [9.17, 15) is 0 Å². The second kappa shape index (κ2) is 6.20. The average molecular weight is 286 g/mol. The van der Waals surface area contributed by atoms with Crippen LogP contribution in [0.4, 0.5) is 5.82 Å². The van der Waals surface area contributed by atoms with Gasteiger partial charge in [0.1, 0.15) is 11.6 Å². The van der Waals surface area contributed by atoms with E-state index in [1.807, 2.05) is 23.1 Å². The second-order valence-corrected chi connectivity index (χ2v) is 5.98. The Morgan fingerprint density at radius 1 is 1.24 bits per heavy atom. The Kier molecular flexibility index (Phi) is 4.13. The summed E-state index contributed by atoms with van der Waals surface area (Å²) in [4.78, 5) is 11.4. The number of aromatic nitrogens is 5. The van der Waals surface area contributed by atoms with Crippen molar-refractivity contribution in [1.29, 1.82) is 0 Å². The summed E-state index contributed by atoms with van der Waals surface area (Å²) >= 11 is 0. The van der Waals surface area contributed by atoms with Crippen LogP contribution in [0.2, 0.25) is 0 Å². The minimum atomic E-state index is 0.370. The van der Waals surface area contributed by atoms with Crippen LogP contribution < -0.4 is 4.90 Å². The van der Waals surface area contributed by atoms with Gasteiger partial charge in [0, 0.05) is 37.9 Å². The fourth-order valence-electron chi connectivity index (χ4n) is 2.76. The molecule has 1 saturated heterocycles. The third kappa shape index (κ3) is 3.37. The van der Waals surface area contributed by atoms with Crippen LogP contribution in [0.15, 0.2) is 24.7 Å². The predicted octanol–water partition coefficient (Wildman–Crippen LogP) is 2.11. The van der Waals surface area contributed by atoms with Crippen molar-refractivity contribution < 1.29 is 0 Å². The second-order valence-electron chi connectivity index (χ2n) is 5.98. The van der Waals surface area contributed by atoms with Gasteiger partial charge in [-0.1, -0.05) is 19.1 Å². The third-order valence-electron chi connectivity index (χ3n) is 4.03. The van der Waals surface area contributed by atoms with Gasteiger partial charge in [-0.3, -0.25) is 4.68 Å². The van der Waals surface area contributed by atoms with Gasteiger partial charge in [0.2, 0.25) is 0 Å². The first-order valence-corrected chi connectivity index (χ1v) is 7.64. The molecular weight excluding hydrogens is 264 g/mol. The molecule has 3 rings (SSSR count). The number of nitrogens with zero attached hydrogens (tertiary/aromatic N) is 6. The molecule has 0 unspecified atom stereocenters. The molecule has 2 aromatic rings. The van der Waals surface area contributed by atoms with Gasteiger partial charge < -0.3 is 4.90 Å². The van der Waals surface area contributed by atoms with E-state index in [-0.39, 0.29) is 0 Å². The maximum Gasteiger partial charge on any atom is 0.133 e. The Labute approximate surface area is 125 Å². The molecule has 0 atom stereocenters. The normalized spacial score (nSPS) is 16.6. The van der Waals surface area contributed by atoms with E-state index >= 15 is 0 Å². The molecule has 3 heterocycles. The fraction of sp³-hybridized carbons (Fsp3) is 0.600. The van der Waals surface area contributed by atoms with Crippen molar-refractivity contribution >= 4 is 5.82 Å². The van der Waals surface area contributed by atoms with Gasteiger partial charge in [-0.05, 0) is 24.8 Å². The summed E-state index contributed by atoms with van der Waals surface area (Å²) in [7, 11) is 0. The van der Waals surface area contributed by atoms with Crippen molar-refractivity contribution in [3.8, 4) is 0 Å². The fourth-order valence-corrected chi connectivity index (χ4v) is 2.76. The van der Waals surface area contributed by atoms with Gasteiger partial charge in [0.25, 0.3) is 0 Å². The van der Waals surface area contributed by atoms with Gasteiger partial charge in [-0.2, -0.15) is 0 Å². The van der Waals surface area contributed by atoms with Crippen LogP contribution in [0.25, 0.3) is 0 Å². The van der Waals surface area contributed by atoms with Gasteiger partial charge >= 0.3 is 0 Å². The molecule has 6 heteroatoms. The maximum absolute atomic E-state index is 4.68. The van der Waals surface area contributed by atoms with Crippen molar-refractivity contribution in [3.63, 3.8) is 0 Å². The molecule has 0 saturated carbocycles. The van der Waals surface area contributed by atoms with Crippen molar-refractivity contribution in [3.05, 3.63) is 30.5 Å². The Morgan fingerprint density at radius 2 is 2.05 bits per heavy atom. The molecule has 0 bridgehead atoms. The summed E-state index contributed by atoms with van der Waals surface area (Å²) in [5.74, 6) is 3.04. The molecule has 0 aromatic carbocycles. The number of hydrogen-bond donors (Lipinski definition) is 0. The lowest BCUT2D eigenvalue weighted by molar-refractivity contribution is 0.338. The van der Waals surface area contributed by atoms with Crippen LogP contribution in [-0.2, 0) is 6.54 Å². The van der Waals surface area contributed by atoms with E-state index in [1.165, 1.54) is 12.8 Å². The Morgan fingerprint density at radius 3 is 2.71 bits per heavy atom. The highest BCUT2D eigenvalue weighted by Gasteiger charge is 2.21. The van der Waals surface area contributed by atoms with E-state index in [0.29, 0.717) is 11.8 Å². The number of rotatable bonds is 4. The third-order valence-corrected chi connectivity index (χ3v) is 4.03. The molecule has 21 heavy (non-hydrogen) atoms. The average Bonchev–Trinajstić information content (AvgIpc) is 3.01. The standard InChI is InChI=1S/C15H22N6/c1-12(2)15-16-6-3-14(18-15)20-8-4-13(5-9-20)11-21-10-7-17-19-21/h3,6-7,10,12-13H,4-5,8-9,11H2,1-2H3. The Hall–Kier alpha value is -1.98. The smallest absolute Gasteiger partial charge is 0.133 e. The summed E-state index contributed by atoms with van der Waals surface area (Å²) in [5.41, 5.74) is 0. The molecule has 0 radical (unpaired) electrons. The van der Waals surface area contributed by atoms with Crippen LogP contribution in [0.1, 0.15) is 38.4 Å². The Bertz CT molecular complexity index is 557. The molecule has 112 valence electrons. The van der Waals surface area contributed by atoms with Gasteiger partial charge in [0.15, 0.2) is 0 Å². The minimum absolute atomic E-state index is 0.370. The van der Waals surface area contributed by atoms with Crippen LogP contribution >= 0.6 is 0 Å². The molecule has 0 amide bonds. The van der Waals surface area contributed by atoms with Crippen molar-refractivity contribution in [2.24, 2.45) is 5.92 Å². The molecule has 0 N–H and O–H groups in total. The number of hydrogen-bond acceptors (Lipinski definition) is 5. The zero-order valence-corrected chi connectivity index (χ0v) is 12.7. The number of piperidine rings is 1. The van der Waals surface area contributed by atoms with Crippen LogP contribution in [0.3, 0.4) is 0 Å². The van der Waals surface area contributed by atoms with E-state index in [4.69, 9.17) is 0 Å². The van der Waals surface area contributed by atoms with Crippen molar-refractivity contribution in [1.82, 2.24) is 25.0 Å². The lowest BCUT2D eigenvalue weighted by Crippen LogP contribution is -2.35. The quantitative estimate of drug-likeness (QED) is 0.861. The summed E-state index contributed by atoms with van der Waals surface area (Å²) in [6, 6.07) is 2.02. The van der Waals surface area contributed by atoms with Crippen LogP contribution in [0, 0.1) is 5.92 Å². The molecular formula is C15H22N6. The molecule has 1 aliphatic rings. The topological polar surface area (TPSA) is 59.7 Å². The molecule has 6 nitrogen and oxygen atoms in total. The lowest BCUT2D eigenvalue weighted by Gasteiger charge is -2.32. The van der Waals surface area contributed by atoms with Gasteiger partial charge in [0.05, 0.1) is 6.20 Å². The molecule has 1 fully saturated rings. The van der Waals surface area contributed by atoms with E-state index in [1.54, 1.807) is 6.20 Å². The van der Waals surface area contributed by atoms with Crippen molar-refractivity contribution in [2.75, 3.05) is 18.0 Å². The first-order valence-electron chi connectivity index (χ1n) is 7.64. The van der Waals surface area contributed by atoms with Crippen LogP contribution in [-0.4, -0.2) is 38.1 Å². The lowest BCUT2D eigenvalue weighted by atomic mass is 9.97.